The summed E-state index contributed by atoms with van der Waals surface area (Å²) < 4.78 is 0. The molecular formula is C19H27IN4S2. The molecule has 1 aliphatic heterocycles. The van der Waals surface area contributed by atoms with Crippen LogP contribution in [0.25, 0.3) is 10.6 Å². The van der Waals surface area contributed by atoms with E-state index in [9.17, 15) is 0 Å². The summed E-state index contributed by atoms with van der Waals surface area (Å²) in [7, 11) is 0. The second kappa shape index (κ2) is 11.8. The molecule has 1 saturated heterocycles. The summed E-state index contributed by atoms with van der Waals surface area (Å²) in [5, 5.41) is 10.7. The fourth-order valence-corrected chi connectivity index (χ4v) is 4.81. The Labute approximate surface area is 181 Å². The van der Waals surface area contributed by atoms with Crippen molar-refractivity contribution < 1.29 is 0 Å². The molecule has 1 atom stereocenters. The van der Waals surface area contributed by atoms with Crippen LogP contribution in [0.5, 0.6) is 0 Å². The fraction of sp³-hybridized carbons (Fsp3) is 0.474. The Kier molecular flexibility index (Phi) is 9.77. The average molecular weight is 502 g/mol. The van der Waals surface area contributed by atoms with Crippen LogP contribution < -0.4 is 10.6 Å². The third kappa shape index (κ3) is 6.74. The monoisotopic (exact) mass is 502 g/mol. The van der Waals surface area contributed by atoms with Crippen LogP contribution in [0.4, 0.5) is 0 Å². The molecule has 2 heterocycles. The van der Waals surface area contributed by atoms with E-state index in [1.807, 2.05) is 6.07 Å². The van der Waals surface area contributed by atoms with Gasteiger partial charge in [-0.25, -0.2) is 4.98 Å². The molecule has 1 fully saturated rings. The number of benzene rings is 1. The van der Waals surface area contributed by atoms with E-state index in [-0.39, 0.29) is 24.0 Å². The summed E-state index contributed by atoms with van der Waals surface area (Å²) in [6.07, 6.45) is 3.54. The Bertz CT molecular complexity index is 669. The quantitative estimate of drug-likeness (QED) is 0.335. The van der Waals surface area contributed by atoms with Crippen LogP contribution in [0, 0.1) is 0 Å². The second-order valence-electron chi connectivity index (χ2n) is 6.04. The van der Waals surface area contributed by atoms with Crippen molar-refractivity contribution in [3.63, 3.8) is 0 Å². The molecule has 0 saturated carbocycles. The molecule has 0 amide bonds. The van der Waals surface area contributed by atoms with Crippen LogP contribution in [-0.2, 0) is 6.42 Å². The van der Waals surface area contributed by atoms with Crippen LogP contribution in [0.15, 0.2) is 40.7 Å². The number of thiazole rings is 1. The van der Waals surface area contributed by atoms with Gasteiger partial charge in [0.15, 0.2) is 5.96 Å². The van der Waals surface area contributed by atoms with Crippen molar-refractivity contribution in [3.8, 4) is 10.6 Å². The van der Waals surface area contributed by atoms with Crippen LogP contribution >= 0.6 is 47.1 Å². The minimum absolute atomic E-state index is 0. The van der Waals surface area contributed by atoms with E-state index in [4.69, 9.17) is 9.98 Å². The number of hydrogen-bond acceptors (Lipinski definition) is 4. The van der Waals surface area contributed by atoms with Crippen LogP contribution in [0.1, 0.15) is 25.5 Å². The molecule has 0 bridgehead atoms. The van der Waals surface area contributed by atoms with E-state index >= 15 is 0 Å². The smallest absolute Gasteiger partial charge is 0.191 e. The zero-order valence-electron chi connectivity index (χ0n) is 15.1. The first-order valence-corrected chi connectivity index (χ1v) is 10.9. The molecule has 4 nitrogen and oxygen atoms in total. The second-order valence-corrected chi connectivity index (χ2v) is 8.31. The van der Waals surface area contributed by atoms with E-state index in [1.54, 1.807) is 11.3 Å². The van der Waals surface area contributed by atoms with Crippen LogP contribution in [-0.4, -0.2) is 41.6 Å². The molecule has 26 heavy (non-hydrogen) atoms. The Morgan fingerprint density at radius 1 is 1.27 bits per heavy atom. The van der Waals surface area contributed by atoms with Gasteiger partial charge in [-0.15, -0.1) is 35.3 Å². The summed E-state index contributed by atoms with van der Waals surface area (Å²) in [5.41, 5.74) is 2.33. The molecule has 0 radical (unpaired) electrons. The zero-order valence-corrected chi connectivity index (χ0v) is 19.1. The SMILES string of the molecule is CCNC(=NCC1CCCS1)NCCc1csc(-c2ccccc2)n1.I. The van der Waals surface area contributed by atoms with Crippen molar-refractivity contribution in [1.82, 2.24) is 15.6 Å². The van der Waals surface area contributed by atoms with Crippen LogP contribution in [0.2, 0.25) is 0 Å². The number of nitrogens with zero attached hydrogens (tertiary/aromatic N) is 2. The normalized spacial score (nSPS) is 17.0. The Morgan fingerprint density at radius 2 is 2.12 bits per heavy atom. The highest BCUT2D eigenvalue weighted by Crippen LogP contribution is 2.26. The van der Waals surface area contributed by atoms with Crippen molar-refractivity contribution in [1.29, 1.82) is 0 Å². The summed E-state index contributed by atoms with van der Waals surface area (Å²) in [6, 6.07) is 10.4. The molecule has 0 spiro atoms. The van der Waals surface area contributed by atoms with Crippen LogP contribution in [0.3, 0.4) is 0 Å². The van der Waals surface area contributed by atoms with E-state index in [2.05, 4.69) is 59.0 Å². The van der Waals surface area contributed by atoms with Crippen molar-refractivity contribution in [3.05, 3.63) is 41.4 Å². The maximum absolute atomic E-state index is 4.75. The summed E-state index contributed by atoms with van der Waals surface area (Å²) >= 11 is 3.76. The van der Waals surface area contributed by atoms with E-state index < -0.39 is 0 Å². The maximum Gasteiger partial charge on any atom is 0.191 e. The summed E-state index contributed by atoms with van der Waals surface area (Å²) in [6.45, 7) is 4.75. The Hall–Kier alpha value is -0.800. The van der Waals surface area contributed by atoms with Gasteiger partial charge in [0.05, 0.1) is 12.2 Å². The minimum Gasteiger partial charge on any atom is -0.357 e. The molecule has 142 valence electrons. The number of aromatic nitrogens is 1. The first-order valence-electron chi connectivity index (χ1n) is 8.98. The van der Waals surface area contributed by atoms with Gasteiger partial charge in [0.1, 0.15) is 5.01 Å². The van der Waals surface area contributed by atoms with Gasteiger partial charge in [-0.3, -0.25) is 4.99 Å². The van der Waals surface area contributed by atoms with Crippen molar-refractivity contribution >= 4 is 53.0 Å². The molecule has 1 aromatic carbocycles. The van der Waals surface area contributed by atoms with Gasteiger partial charge in [0.25, 0.3) is 0 Å². The first kappa shape index (κ1) is 21.5. The zero-order chi connectivity index (χ0) is 17.3. The van der Waals surface area contributed by atoms with E-state index in [1.165, 1.54) is 24.2 Å². The lowest BCUT2D eigenvalue weighted by Crippen LogP contribution is -2.38. The highest BCUT2D eigenvalue weighted by molar-refractivity contribution is 14.0. The number of hydrogen-bond donors (Lipinski definition) is 2. The highest BCUT2D eigenvalue weighted by atomic mass is 127. The molecule has 2 N–H and O–H groups in total. The van der Waals surface area contributed by atoms with Crippen molar-refractivity contribution in [2.45, 2.75) is 31.4 Å². The van der Waals surface area contributed by atoms with Gasteiger partial charge in [0, 0.05) is 35.7 Å². The van der Waals surface area contributed by atoms with Gasteiger partial charge in [0.2, 0.25) is 0 Å². The van der Waals surface area contributed by atoms with Gasteiger partial charge in [-0.05, 0) is 25.5 Å². The predicted molar refractivity (Wildman–Crippen MR) is 126 cm³/mol. The molecule has 2 aromatic rings. The first-order chi connectivity index (χ1) is 12.3. The largest absolute Gasteiger partial charge is 0.357 e. The van der Waals surface area contributed by atoms with Crippen molar-refractivity contribution in [2.75, 3.05) is 25.4 Å². The molecule has 1 aromatic heterocycles. The van der Waals surface area contributed by atoms with Gasteiger partial charge in [-0.2, -0.15) is 11.8 Å². The van der Waals surface area contributed by atoms with Gasteiger partial charge in [-0.1, -0.05) is 30.3 Å². The number of guanidine groups is 1. The Balaban J connectivity index is 0.00000243. The van der Waals surface area contributed by atoms with E-state index in [0.29, 0.717) is 5.25 Å². The molecule has 1 aliphatic rings. The molecule has 3 rings (SSSR count). The topological polar surface area (TPSA) is 49.3 Å². The standard InChI is InChI=1S/C19H26N4S2.HI/c1-2-20-19(22-13-17-9-6-12-24-17)21-11-10-16-14-25-18(23-16)15-7-4-3-5-8-15;/h3-5,7-8,14,17H,2,6,9-13H2,1H3,(H2,20,21,22);1H. The van der Waals surface area contributed by atoms with E-state index in [0.717, 1.165) is 42.7 Å². The molecule has 0 aliphatic carbocycles. The lowest BCUT2D eigenvalue weighted by molar-refractivity contribution is 0.758. The van der Waals surface area contributed by atoms with Gasteiger partial charge >= 0.3 is 0 Å². The highest BCUT2D eigenvalue weighted by Gasteiger charge is 2.15. The summed E-state index contributed by atoms with van der Waals surface area (Å²) in [5.74, 6) is 2.21. The molecule has 1 unspecified atom stereocenters. The number of nitrogens with one attached hydrogen (secondary N) is 2. The maximum atomic E-state index is 4.75. The predicted octanol–water partition coefficient (Wildman–Crippen LogP) is 4.42. The average Bonchev–Trinajstić information content (AvgIpc) is 3.32. The number of halogens is 1. The molecular weight excluding hydrogens is 475 g/mol. The number of aliphatic imine (C=N–C) groups is 1. The molecule has 7 heteroatoms. The lowest BCUT2D eigenvalue weighted by Gasteiger charge is -2.12. The summed E-state index contributed by atoms with van der Waals surface area (Å²) in [4.78, 5) is 9.48. The lowest BCUT2D eigenvalue weighted by atomic mass is 10.2. The Morgan fingerprint density at radius 3 is 2.85 bits per heavy atom. The van der Waals surface area contributed by atoms with Crippen molar-refractivity contribution in [2.24, 2.45) is 4.99 Å². The fourth-order valence-electron chi connectivity index (χ4n) is 2.77. The number of rotatable bonds is 7. The van der Waals surface area contributed by atoms with Gasteiger partial charge < -0.3 is 10.6 Å². The third-order valence-electron chi connectivity index (χ3n) is 4.07. The number of thioether (sulfide) groups is 1. The minimum atomic E-state index is 0. The third-order valence-corrected chi connectivity index (χ3v) is 6.39.